The van der Waals surface area contributed by atoms with E-state index in [2.05, 4.69) is 17.2 Å². The Morgan fingerprint density at radius 3 is 2.50 bits per heavy atom. The molecule has 0 atom stereocenters. The van der Waals surface area contributed by atoms with Gasteiger partial charge in [-0.3, -0.25) is 0 Å². The monoisotopic (exact) mass is 162 g/mol. The summed E-state index contributed by atoms with van der Waals surface area (Å²) in [6.45, 7) is 0. The zero-order valence-corrected chi connectivity index (χ0v) is 7.57. The summed E-state index contributed by atoms with van der Waals surface area (Å²) in [5.41, 5.74) is 1.29. The Bertz CT molecular complexity index is 239. The van der Waals surface area contributed by atoms with Gasteiger partial charge >= 0.3 is 0 Å². The van der Waals surface area contributed by atoms with E-state index in [0.29, 0.717) is 0 Å². The maximum atomic E-state index is 4.13. The second-order valence-corrected chi connectivity index (χ2v) is 2.83. The second kappa shape index (κ2) is 4.54. The lowest BCUT2D eigenvalue weighted by Crippen LogP contribution is -2.02. The molecule has 0 aliphatic heterocycles. The molecule has 0 saturated carbocycles. The van der Waals surface area contributed by atoms with Crippen LogP contribution in [0.25, 0.3) is 0 Å². The van der Waals surface area contributed by atoms with Crippen LogP contribution in [0.4, 0.5) is 0 Å². The van der Waals surface area contributed by atoms with Crippen LogP contribution in [0.15, 0.2) is 35.4 Å². The molecule has 1 aromatic carbocycles. The number of hydrogen-bond donors (Lipinski definition) is 0. The molecular weight excluding hydrogens is 148 g/mol. The summed E-state index contributed by atoms with van der Waals surface area (Å²) >= 11 is 0. The fourth-order valence-corrected chi connectivity index (χ4v) is 0.924. The van der Waals surface area contributed by atoms with Crippen LogP contribution in [0.3, 0.4) is 0 Å². The Balaban J connectivity index is 2.43. The first-order valence-corrected chi connectivity index (χ1v) is 4.03. The number of nitrogens with zero attached hydrogens (tertiary/aromatic N) is 2. The normalized spacial score (nSPS) is 10.5. The molecule has 2 nitrogen and oxygen atoms in total. The first-order chi connectivity index (χ1) is 5.79. The van der Waals surface area contributed by atoms with Crippen molar-refractivity contribution in [2.75, 3.05) is 14.1 Å². The third kappa shape index (κ3) is 3.19. The lowest BCUT2D eigenvalue weighted by atomic mass is 10.2. The maximum absolute atomic E-state index is 4.13. The highest BCUT2D eigenvalue weighted by Crippen LogP contribution is 1.97. The third-order valence-electron chi connectivity index (χ3n) is 1.48. The summed E-state index contributed by atoms with van der Waals surface area (Å²) in [5, 5.41) is 5.92. The van der Waals surface area contributed by atoms with Gasteiger partial charge in [-0.05, 0) is 5.56 Å². The molecule has 64 valence electrons. The molecule has 0 N–H and O–H groups in total. The standard InChI is InChI=1S/C10H14N2/c1-12(2)11-9-8-10-6-4-3-5-7-10/h3-7,9H,8H2,1-2H3/b11-9-. The van der Waals surface area contributed by atoms with Crippen molar-refractivity contribution in [3.05, 3.63) is 35.9 Å². The highest BCUT2D eigenvalue weighted by atomic mass is 15.4. The van der Waals surface area contributed by atoms with Crippen molar-refractivity contribution in [3.63, 3.8) is 0 Å². The Morgan fingerprint density at radius 1 is 1.25 bits per heavy atom. The average Bonchev–Trinajstić information content (AvgIpc) is 2.05. The Hall–Kier alpha value is -1.31. The number of hydrazone groups is 1. The molecule has 0 aromatic heterocycles. The summed E-state index contributed by atoms with van der Waals surface area (Å²) in [5.74, 6) is 0. The lowest BCUT2D eigenvalue weighted by molar-refractivity contribution is 0.439. The van der Waals surface area contributed by atoms with Crippen molar-refractivity contribution in [2.45, 2.75) is 6.42 Å². The second-order valence-electron chi connectivity index (χ2n) is 2.83. The molecule has 1 rings (SSSR count). The van der Waals surface area contributed by atoms with Gasteiger partial charge in [-0.1, -0.05) is 30.3 Å². The number of rotatable bonds is 3. The van der Waals surface area contributed by atoms with Gasteiger partial charge in [0.05, 0.1) is 0 Å². The summed E-state index contributed by atoms with van der Waals surface area (Å²) in [4.78, 5) is 0. The van der Waals surface area contributed by atoms with E-state index in [1.807, 2.05) is 38.5 Å². The maximum Gasteiger partial charge on any atom is 0.0288 e. The summed E-state index contributed by atoms with van der Waals surface area (Å²) < 4.78 is 0. The minimum Gasteiger partial charge on any atom is -0.303 e. The molecule has 2 heteroatoms. The van der Waals surface area contributed by atoms with Crippen molar-refractivity contribution < 1.29 is 0 Å². The summed E-state index contributed by atoms with van der Waals surface area (Å²) in [7, 11) is 3.84. The van der Waals surface area contributed by atoms with Gasteiger partial charge in [0.1, 0.15) is 0 Å². The molecule has 0 bridgehead atoms. The van der Waals surface area contributed by atoms with Crippen molar-refractivity contribution in [2.24, 2.45) is 5.10 Å². The lowest BCUT2D eigenvalue weighted by Gasteiger charge is -2.01. The molecule has 0 radical (unpaired) electrons. The van der Waals surface area contributed by atoms with Crippen LogP contribution in [0, 0.1) is 0 Å². The van der Waals surface area contributed by atoms with E-state index in [-0.39, 0.29) is 0 Å². The highest BCUT2D eigenvalue weighted by molar-refractivity contribution is 5.60. The average molecular weight is 162 g/mol. The zero-order chi connectivity index (χ0) is 8.81. The molecule has 0 aliphatic rings. The molecule has 0 saturated heterocycles. The van der Waals surface area contributed by atoms with E-state index < -0.39 is 0 Å². The topological polar surface area (TPSA) is 15.6 Å². The Morgan fingerprint density at radius 2 is 1.92 bits per heavy atom. The fraction of sp³-hybridized carbons (Fsp3) is 0.300. The first-order valence-electron chi connectivity index (χ1n) is 4.03. The fourth-order valence-electron chi connectivity index (χ4n) is 0.924. The molecule has 0 fully saturated rings. The predicted octanol–water partition coefficient (Wildman–Crippen LogP) is 1.78. The van der Waals surface area contributed by atoms with E-state index in [1.165, 1.54) is 5.56 Å². The van der Waals surface area contributed by atoms with E-state index in [1.54, 1.807) is 5.01 Å². The van der Waals surface area contributed by atoms with E-state index in [9.17, 15) is 0 Å². The summed E-state index contributed by atoms with van der Waals surface area (Å²) in [6.07, 6.45) is 2.81. The van der Waals surface area contributed by atoms with Crippen molar-refractivity contribution >= 4 is 6.21 Å². The molecular formula is C10H14N2. The molecule has 1 aromatic rings. The van der Waals surface area contributed by atoms with Crippen LogP contribution in [-0.2, 0) is 6.42 Å². The van der Waals surface area contributed by atoms with E-state index in [0.717, 1.165) is 6.42 Å². The van der Waals surface area contributed by atoms with Crippen LogP contribution in [-0.4, -0.2) is 25.3 Å². The van der Waals surface area contributed by atoms with Crippen molar-refractivity contribution in [1.82, 2.24) is 5.01 Å². The van der Waals surface area contributed by atoms with E-state index >= 15 is 0 Å². The smallest absolute Gasteiger partial charge is 0.0288 e. The van der Waals surface area contributed by atoms with Crippen LogP contribution in [0.2, 0.25) is 0 Å². The van der Waals surface area contributed by atoms with Gasteiger partial charge in [-0.2, -0.15) is 5.10 Å². The SMILES string of the molecule is CN(C)/N=C\Cc1ccccc1. The van der Waals surface area contributed by atoms with Crippen LogP contribution in [0.1, 0.15) is 5.56 Å². The molecule has 0 unspecified atom stereocenters. The first kappa shape index (κ1) is 8.78. The number of benzene rings is 1. The van der Waals surface area contributed by atoms with Gasteiger partial charge < -0.3 is 5.01 Å². The minimum atomic E-state index is 0.902. The van der Waals surface area contributed by atoms with Crippen molar-refractivity contribution in [3.8, 4) is 0 Å². The molecule has 12 heavy (non-hydrogen) atoms. The highest BCUT2D eigenvalue weighted by Gasteiger charge is 1.85. The van der Waals surface area contributed by atoms with E-state index in [4.69, 9.17) is 0 Å². The largest absolute Gasteiger partial charge is 0.303 e. The van der Waals surface area contributed by atoms with Gasteiger partial charge in [-0.25, -0.2) is 0 Å². The van der Waals surface area contributed by atoms with Gasteiger partial charge in [0, 0.05) is 26.7 Å². The quantitative estimate of drug-likeness (QED) is 0.488. The number of hydrogen-bond acceptors (Lipinski definition) is 2. The van der Waals surface area contributed by atoms with Crippen LogP contribution in [0.5, 0.6) is 0 Å². The summed E-state index contributed by atoms with van der Waals surface area (Å²) in [6, 6.07) is 10.3. The van der Waals surface area contributed by atoms with Gasteiger partial charge in [0.2, 0.25) is 0 Å². The minimum absolute atomic E-state index is 0.902. The van der Waals surface area contributed by atoms with Crippen LogP contribution >= 0.6 is 0 Å². The van der Waals surface area contributed by atoms with Gasteiger partial charge in [0.15, 0.2) is 0 Å². The van der Waals surface area contributed by atoms with Crippen LogP contribution < -0.4 is 0 Å². The third-order valence-corrected chi connectivity index (χ3v) is 1.48. The van der Waals surface area contributed by atoms with Crippen molar-refractivity contribution in [1.29, 1.82) is 0 Å². The predicted molar refractivity (Wildman–Crippen MR) is 52.3 cm³/mol. The Labute approximate surface area is 73.5 Å². The molecule has 0 amide bonds. The van der Waals surface area contributed by atoms with Gasteiger partial charge in [0.25, 0.3) is 0 Å². The molecule has 0 aliphatic carbocycles. The Kier molecular flexibility index (Phi) is 3.33. The van der Waals surface area contributed by atoms with Gasteiger partial charge in [-0.15, -0.1) is 0 Å². The zero-order valence-electron chi connectivity index (χ0n) is 7.57. The molecule has 0 heterocycles. The molecule has 0 spiro atoms.